The summed E-state index contributed by atoms with van der Waals surface area (Å²) in [7, 11) is -0.125. The number of halogens is 1. The van der Waals surface area contributed by atoms with Crippen molar-refractivity contribution >= 4 is 90.7 Å². The molecule has 4 aromatic carbocycles. The molecule has 0 saturated heterocycles. The van der Waals surface area contributed by atoms with Crippen molar-refractivity contribution in [2.24, 2.45) is 0 Å². The fraction of sp³-hybridized carbons (Fsp3) is 0.321. The van der Waals surface area contributed by atoms with E-state index < -0.39 is 42.5 Å². The highest BCUT2D eigenvalue weighted by Crippen LogP contribution is 2.44. The van der Waals surface area contributed by atoms with E-state index in [9.17, 15) is 24.7 Å². The molecule has 0 bridgehead atoms. The summed E-state index contributed by atoms with van der Waals surface area (Å²) >= 11 is 2.26. The molecule has 72 heavy (non-hydrogen) atoms. The Bertz CT molecular complexity index is 3370. The van der Waals surface area contributed by atoms with Gasteiger partial charge in [0.15, 0.2) is 12.2 Å². The third kappa shape index (κ3) is 11.0. The highest BCUT2D eigenvalue weighted by atomic mass is 127. The molecule has 0 unspecified atom stereocenters. The first-order valence-corrected chi connectivity index (χ1v) is 24.8. The molecular formula is C56H58BIN4O10. The molecule has 8 aromatic rings. The Morgan fingerprint density at radius 2 is 1.26 bits per heavy atom. The van der Waals surface area contributed by atoms with Crippen LogP contribution in [0.1, 0.15) is 92.8 Å². The van der Waals surface area contributed by atoms with E-state index in [-0.39, 0.29) is 0 Å². The van der Waals surface area contributed by atoms with Crippen LogP contribution in [0.4, 0.5) is 0 Å². The van der Waals surface area contributed by atoms with Gasteiger partial charge in [-0.15, -0.1) is 0 Å². The van der Waals surface area contributed by atoms with Gasteiger partial charge < -0.3 is 38.8 Å². The van der Waals surface area contributed by atoms with E-state index in [4.69, 9.17) is 28.7 Å². The third-order valence-electron chi connectivity index (χ3n) is 12.2. The molecule has 0 radical (unpaired) electrons. The van der Waals surface area contributed by atoms with Crippen molar-refractivity contribution in [1.82, 2.24) is 19.9 Å². The van der Waals surface area contributed by atoms with Crippen molar-refractivity contribution < 1.29 is 48.4 Å². The van der Waals surface area contributed by atoms with Crippen molar-refractivity contribution in [1.29, 1.82) is 0 Å². The van der Waals surface area contributed by atoms with Crippen LogP contribution in [-0.4, -0.2) is 85.7 Å². The molecule has 0 spiro atoms. The molecule has 2 atom stereocenters. The molecule has 2 aliphatic heterocycles. The van der Waals surface area contributed by atoms with Crippen LogP contribution in [0, 0.1) is 24.3 Å². The maximum absolute atomic E-state index is 12.4. The summed E-state index contributed by atoms with van der Waals surface area (Å²) in [5.41, 5.74) is 10.7. The van der Waals surface area contributed by atoms with Gasteiger partial charge in [-0.2, -0.15) is 0 Å². The summed E-state index contributed by atoms with van der Waals surface area (Å²) in [5.74, 6) is 0.112. The minimum atomic E-state index is -1.50. The van der Waals surface area contributed by atoms with Crippen molar-refractivity contribution in [3.05, 3.63) is 134 Å². The van der Waals surface area contributed by atoms with Crippen LogP contribution in [0.2, 0.25) is 0 Å². The fourth-order valence-electron chi connectivity index (χ4n) is 9.11. The standard InChI is InChI=1S/C27H26N2O4.C18H22INO3.C11H10BNO3/c1-15-5-6-17-20(13-15)29-14-19(25(26(30)31)33-27(2,3)4)23(17)18-7-8-21-22-16(10-12-32-21)9-11-28-24(18)22;1-10-7-8-12-13(9-10)20-11(2)14(15(12)19)16(17(21)22-6)23-18(3,4)5;14-12(15)8-1-2-9-10-7(4-6-16-9)3-5-13-11(8)10/h5-9,11,13-14,25H,10,12H2,1-4H3,(H,30,31);7-9,16H,1-6H3;1-3,5,14-15H,4,6H2/t25-;16-;/m00./s1. The molecule has 16 heteroatoms. The van der Waals surface area contributed by atoms with Gasteiger partial charge in [0.1, 0.15) is 11.5 Å². The largest absolute Gasteiger partial charge is 0.493 e. The maximum atomic E-state index is 12.4. The van der Waals surface area contributed by atoms with E-state index in [2.05, 4.69) is 37.5 Å². The third-order valence-corrected chi connectivity index (χ3v) is 13.4. The van der Waals surface area contributed by atoms with Crippen LogP contribution in [0.3, 0.4) is 0 Å². The minimum Gasteiger partial charge on any atom is -0.493 e. The molecule has 372 valence electrons. The highest BCUT2D eigenvalue weighted by molar-refractivity contribution is 14.1. The average Bonchev–Trinajstić information content (AvgIpc) is 3.32. The molecule has 4 aromatic heterocycles. The fourth-order valence-corrected chi connectivity index (χ4v) is 10.2. The summed E-state index contributed by atoms with van der Waals surface area (Å²) in [4.78, 5) is 42.9. The van der Waals surface area contributed by atoms with E-state index in [1.807, 2.05) is 129 Å². The van der Waals surface area contributed by atoms with Crippen LogP contribution in [0.25, 0.3) is 54.7 Å². The second kappa shape index (κ2) is 21.0. The molecule has 6 heterocycles. The van der Waals surface area contributed by atoms with Crippen molar-refractivity contribution in [3.8, 4) is 22.6 Å². The predicted octanol–water partition coefficient (Wildman–Crippen LogP) is 9.97. The van der Waals surface area contributed by atoms with Crippen molar-refractivity contribution in [2.75, 3.05) is 20.3 Å². The summed E-state index contributed by atoms with van der Waals surface area (Å²) < 4.78 is 29.4. The zero-order valence-corrected chi connectivity index (χ0v) is 44.2. The lowest BCUT2D eigenvalue weighted by Gasteiger charge is -2.27. The van der Waals surface area contributed by atoms with Crippen LogP contribution in [0.5, 0.6) is 11.5 Å². The number of aryl methyl sites for hydroxylation is 3. The van der Waals surface area contributed by atoms with Crippen LogP contribution in [0.15, 0.2) is 91.4 Å². The van der Waals surface area contributed by atoms with Gasteiger partial charge in [0.25, 0.3) is 0 Å². The number of benzene rings is 4. The number of carbonyl (C=O) groups excluding carboxylic acids is 1. The molecule has 10 rings (SSSR count). The number of carboxylic acid groups (broad SMARTS) is 1. The number of ether oxygens (including phenoxy) is 5. The number of carboxylic acids is 1. The smallest absolute Gasteiger partial charge is 0.490 e. The second-order valence-corrected chi connectivity index (χ2v) is 20.9. The number of hydrogen-bond donors (Lipinski definition) is 3. The summed E-state index contributed by atoms with van der Waals surface area (Å²) in [6.07, 6.45) is 4.81. The van der Waals surface area contributed by atoms with Gasteiger partial charge >= 0.3 is 19.1 Å². The predicted molar refractivity (Wildman–Crippen MR) is 288 cm³/mol. The van der Waals surface area contributed by atoms with Gasteiger partial charge in [-0.3, -0.25) is 19.9 Å². The molecule has 2 aliphatic rings. The lowest BCUT2D eigenvalue weighted by Crippen LogP contribution is -2.31. The Labute approximate surface area is 432 Å². The Morgan fingerprint density at radius 3 is 1.85 bits per heavy atom. The minimum absolute atomic E-state index is 0.408. The summed E-state index contributed by atoms with van der Waals surface area (Å²) in [6, 6.07) is 23.4. The maximum Gasteiger partial charge on any atom is 0.490 e. The molecule has 0 saturated carbocycles. The number of hydrogen-bond acceptors (Lipinski definition) is 13. The van der Waals surface area contributed by atoms with E-state index in [0.717, 1.165) is 105 Å². The first kappa shape index (κ1) is 52.0. The second-order valence-electron chi connectivity index (χ2n) is 19.9. The van der Waals surface area contributed by atoms with Gasteiger partial charge in [-0.05, 0) is 150 Å². The number of carbonyl (C=O) groups is 2. The Hall–Kier alpha value is -6.31. The lowest BCUT2D eigenvalue weighted by molar-refractivity contribution is -0.164. The van der Waals surface area contributed by atoms with E-state index >= 15 is 0 Å². The van der Waals surface area contributed by atoms with Gasteiger partial charge in [-0.1, -0.05) is 30.3 Å². The van der Waals surface area contributed by atoms with Gasteiger partial charge in [0.05, 0.1) is 53.6 Å². The number of nitrogens with zero attached hydrogens (tertiary/aromatic N) is 4. The Morgan fingerprint density at radius 1 is 0.708 bits per heavy atom. The molecule has 14 nitrogen and oxygen atoms in total. The summed E-state index contributed by atoms with van der Waals surface area (Å²) in [5, 5.41) is 32.4. The monoisotopic (exact) mass is 1080 g/mol. The van der Waals surface area contributed by atoms with Crippen molar-refractivity contribution in [3.63, 3.8) is 0 Å². The van der Waals surface area contributed by atoms with E-state index in [0.29, 0.717) is 29.8 Å². The number of rotatable bonds is 8. The Balaban J connectivity index is 0.000000154. The normalized spacial score (nSPS) is 13.8. The average molecular weight is 1080 g/mol. The number of fused-ring (bicyclic) bond motifs is 2. The van der Waals surface area contributed by atoms with Gasteiger partial charge in [-0.25, -0.2) is 9.59 Å². The van der Waals surface area contributed by atoms with Crippen molar-refractivity contribution in [2.45, 2.75) is 98.6 Å². The highest BCUT2D eigenvalue weighted by Gasteiger charge is 2.34. The molecule has 3 N–H and O–H groups in total. The van der Waals surface area contributed by atoms with Crippen LogP contribution < -0.4 is 14.9 Å². The first-order valence-electron chi connectivity index (χ1n) is 23.7. The molecule has 0 aliphatic carbocycles. The molecule has 0 amide bonds. The lowest BCUT2D eigenvalue weighted by atomic mass is 9.78. The first-order chi connectivity index (χ1) is 34.1. The number of aromatic nitrogens is 4. The quantitative estimate of drug-likeness (QED) is 0.0740. The number of pyridine rings is 4. The SMILES string of the molecule is COC(=O)[C@@H](OC(C)(C)C)c1c(C)nc2cc(C)ccc2c1I.Cc1ccc2c(-c3ccc4c5c(ccnc35)CCO4)c([C@H](OC(C)(C)C)C(=O)O)cnc2c1.OB(O)c1ccc2c3c(ccnc13)CCO2. The molecule has 0 fully saturated rings. The topological polar surface area (TPSA) is 193 Å². The number of methoxy groups -OCH3 is 1. The zero-order chi connectivity index (χ0) is 51.8. The van der Waals surface area contributed by atoms with Crippen LogP contribution in [-0.2, 0) is 36.6 Å². The molecular weight excluding hydrogens is 1030 g/mol. The summed E-state index contributed by atoms with van der Waals surface area (Å²) in [6.45, 7) is 18.6. The van der Waals surface area contributed by atoms with Gasteiger partial charge in [0.2, 0.25) is 0 Å². The zero-order valence-electron chi connectivity index (χ0n) is 42.1. The van der Waals surface area contributed by atoms with E-state index in [1.54, 1.807) is 24.5 Å². The Kier molecular flexibility index (Phi) is 15.2. The van der Waals surface area contributed by atoms with E-state index in [1.165, 1.54) is 12.7 Å². The number of aliphatic carboxylic acids is 1. The number of esters is 1. The van der Waals surface area contributed by atoms with Crippen LogP contribution >= 0.6 is 22.6 Å². The van der Waals surface area contributed by atoms with Gasteiger partial charge in [0, 0.05) is 90.0 Å².